The fourth-order valence-electron chi connectivity index (χ4n) is 2.30. The Labute approximate surface area is 95.0 Å². The molecule has 3 nitrogen and oxygen atoms in total. The summed E-state index contributed by atoms with van der Waals surface area (Å²) in [5, 5.41) is 5.84. The molecule has 16 heavy (non-hydrogen) atoms. The lowest BCUT2D eigenvalue weighted by molar-refractivity contribution is 0.00269. The smallest absolute Gasteiger partial charge is 0.0923 e. The van der Waals surface area contributed by atoms with Crippen LogP contribution in [0.25, 0.3) is 10.9 Å². The molecule has 1 aromatic heterocycles. The zero-order chi connectivity index (χ0) is 11.1. The van der Waals surface area contributed by atoms with Gasteiger partial charge in [0.25, 0.3) is 0 Å². The molecule has 3 heteroatoms. The number of fused-ring (bicyclic) bond motifs is 1. The Kier molecular flexibility index (Phi) is 2.21. The van der Waals surface area contributed by atoms with Crippen molar-refractivity contribution in [3.05, 3.63) is 30.0 Å². The number of aryl methyl sites for hydroxylation is 1. The van der Waals surface area contributed by atoms with E-state index >= 15 is 0 Å². The molecule has 1 fully saturated rings. The maximum absolute atomic E-state index is 5.29. The van der Waals surface area contributed by atoms with Gasteiger partial charge in [-0.2, -0.15) is 5.10 Å². The Bertz CT molecular complexity index is 512. The molecule has 84 valence electrons. The molecule has 0 bridgehead atoms. The molecule has 0 amide bonds. The first-order chi connectivity index (χ1) is 7.76. The van der Waals surface area contributed by atoms with Gasteiger partial charge >= 0.3 is 0 Å². The van der Waals surface area contributed by atoms with E-state index in [0.717, 1.165) is 18.4 Å². The van der Waals surface area contributed by atoms with Gasteiger partial charge in [0.1, 0.15) is 0 Å². The molecular weight excluding hydrogens is 200 g/mol. The highest BCUT2D eigenvalue weighted by atomic mass is 16.5. The van der Waals surface area contributed by atoms with Crippen LogP contribution in [-0.2, 0) is 4.74 Å². The molecule has 0 spiro atoms. The third-order valence-electron chi connectivity index (χ3n) is 3.45. The highest BCUT2D eigenvalue weighted by Gasteiger charge is 2.30. The van der Waals surface area contributed by atoms with Crippen molar-refractivity contribution >= 4 is 10.9 Å². The number of rotatable bonds is 2. The van der Waals surface area contributed by atoms with Crippen LogP contribution in [0.5, 0.6) is 0 Å². The van der Waals surface area contributed by atoms with Gasteiger partial charge in [0.2, 0.25) is 0 Å². The van der Waals surface area contributed by atoms with Gasteiger partial charge in [-0.25, -0.2) is 0 Å². The molecule has 0 N–H and O–H groups in total. The Morgan fingerprint density at radius 1 is 1.38 bits per heavy atom. The second-order valence-electron chi connectivity index (χ2n) is 4.65. The van der Waals surface area contributed by atoms with Crippen molar-refractivity contribution in [2.75, 3.05) is 7.11 Å². The lowest BCUT2D eigenvalue weighted by Crippen LogP contribution is -2.32. The molecular formula is C13H16N2O. The van der Waals surface area contributed by atoms with Crippen LogP contribution in [0, 0.1) is 6.92 Å². The van der Waals surface area contributed by atoms with E-state index < -0.39 is 0 Å². The Hall–Kier alpha value is -1.35. The normalized spacial score (nSPS) is 24.6. The summed E-state index contributed by atoms with van der Waals surface area (Å²) in [6.07, 6.45) is 4.75. The monoisotopic (exact) mass is 216 g/mol. The predicted molar refractivity (Wildman–Crippen MR) is 63.5 cm³/mol. The van der Waals surface area contributed by atoms with Gasteiger partial charge in [0.05, 0.1) is 17.7 Å². The molecule has 0 atom stereocenters. The van der Waals surface area contributed by atoms with Crippen molar-refractivity contribution in [3.63, 3.8) is 0 Å². The Balaban J connectivity index is 1.89. The minimum Gasteiger partial charge on any atom is -0.381 e. The van der Waals surface area contributed by atoms with Crippen molar-refractivity contribution in [2.24, 2.45) is 0 Å². The highest BCUT2D eigenvalue weighted by Crippen LogP contribution is 2.34. The predicted octanol–water partition coefficient (Wildman–Crippen LogP) is 2.69. The second-order valence-corrected chi connectivity index (χ2v) is 4.65. The van der Waals surface area contributed by atoms with Crippen LogP contribution in [0.4, 0.5) is 0 Å². The van der Waals surface area contributed by atoms with Crippen LogP contribution in [0.2, 0.25) is 0 Å². The fraction of sp³-hybridized carbons (Fsp3) is 0.462. The molecule has 1 aliphatic rings. The molecule has 0 unspecified atom stereocenters. The molecule has 2 aromatic rings. The molecule has 1 aliphatic carbocycles. The van der Waals surface area contributed by atoms with Gasteiger partial charge in [-0.15, -0.1) is 0 Å². The second kappa shape index (κ2) is 3.59. The van der Waals surface area contributed by atoms with Crippen molar-refractivity contribution in [1.29, 1.82) is 0 Å². The number of ether oxygens (including phenoxy) is 1. The van der Waals surface area contributed by atoms with E-state index in [4.69, 9.17) is 4.74 Å². The van der Waals surface area contributed by atoms with Gasteiger partial charge in [0, 0.05) is 18.7 Å². The fourth-order valence-corrected chi connectivity index (χ4v) is 2.30. The highest BCUT2D eigenvalue weighted by molar-refractivity contribution is 5.78. The Morgan fingerprint density at radius 2 is 2.19 bits per heavy atom. The van der Waals surface area contributed by atoms with Crippen LogP contribution in [-0.4, -0.2) is 23.0 Å². The number of methoxy groups -OCH3 is 1. The average molecular weight is 216 g/mol. The van der Waals surface area contributed by atoms with Gasteiger partial charge < -0.3 is 4.74 Å². The van der Waals surface area contributed by atoms with E-state index in [-0.39, 0.29) is 0 Å². The quantitative estimate of drug-likeness (QED) is 0.771. The molecule has 0 radical (unpaired) electrons. The lowest BCUT2D eigenvalue weighted by Gasteiger charge is -2.34. The SMILES string of the molecule is COC1CC(n2cc3cc(C)ccc3n2)C1. The summed E-state index contributed by atoms with van der Waals surface area (Å²) >= 11 is 0. The van der Waals surface area contributed by atoms with E-state index in [0.29, 0.717) is 12.1 Å². The van der Waals surface area contributed by atoms with E-state index in [1.165, 1.54) is 10.9 Å². The van der Waals surface area contributed by atoms with Gasteiger partial charge in [-0.3, -0.25) is 4.68 Å². The summed E-state index contributed by atoms with van der Waals surface area (Å²) in [4.78, 5) is 0. The summed E-state index contributed by atoms with van der Waals surface area (Å²) in [7, 11) is 1.78. The first-order valence-electron chi connectivity index (χ1n) is 5.74. The van der Waals surface area contributed by atoms with Crippen LogP contribution in [0.3, 0.4) is 0 Å². The summed E-state index contributed by atoms with van der Waals surface area (Å²) in [6.45, 7) is 2.11. The summed E-state index contributed by atoms with van der Waals surface area (Å²) < 4.78 is 7.39. The van der Waals surface area contributed by atoms with Crippen molar-refractivity contribution in [1.82, 2.24) is 9.78 Å². The third-order valence-corrected chi connectivity index (χ3v) is 3.45. The molecule has 1 heterocycles. The number of benzene rings is 1. The third kappa shape index (κ3) is 1.52. The largest absolute Gasteiger partial charge is 0.381 e. The van der Waals surface area contributed by atoms with Gasteiger partial charge in [-0.1, -0.05) is 11.6 Å². The maximum atomic E-state index is 5.29. The maximum Gasteiger partial charge on any atom is 0.0923 e. The number of hydrogen-bond donors (Lipinski definition) is 0. The Morgan fingerprint density at radius 3 is 2.94 bits per heavy atom. The zero-order valence-electron chi connectivity index (χ0n) is 9.68. The summed E-state index contributed by atoms with van der Waals surface area (Å²) in [5.74, 6) is 0. The number of aromatic nitrogens is 2. The van der Waals surface area contributed by atoms with E-state index in [1.807, 2.05) is 0 Å². The van der Waals surface area contributed by atoms with Crippen LogP contribution in [0.1, 0.15) is 24.4 Å². The van der Waals surface area contributed by atoms with Crippen molar-refractivity contribution in [3.8, 4) is 0 Å². The molecule has 1 aromatic carbocycles. The molecule has 0 aliphatic heterocycles. The van der Waals surface area contributed by atoms with E-state index in [1.54, 1.807) is 7.11 Å². The van der Waals surface area contributed by atoms with Crippen LogP contribution >= 0.6 is 0 Å². The topological polar surface area (TPSA) is 27.1 Å². The first-order valence-corrected chi connectivity index (χ1v) is 5.74. The van der Waals surface area contributed by atoms with Crippen molar-refractivity contribution < 1.29 is 4.74 Å². The van der Waals surface area contributed by atoms with E-state index in [2.05, 4.69) is 41.1 Å². The number of nitrogens with zero attached hydrogens (tertiary/aromatic N) is 2. The molecule has 0 saturated heterocycles. The first kappa shape index (κ1) is 9.85. The number of hydrogen-bond acceptors (Lipinski definition) is 2. The standard InChI is InChI=1S/C13H16N2O/c1-9-3-4-13-10(5-9)8-15(14-13)11-6-12(7-11)16-2/h3-5,8,11-12H,6-7H2,1-2H3. The van der Waals surface area contributed by atoms with E-state index in [9.17, 15) is 0 Å². The van der Waals surface area contributed by atoms with Crippen LogP contribution < -0.4 is 0 Å². The van der Waals surface area contributed by atoms with Crippen LogP contribution in [0.15, 0.2) is 24.4 Å². The zero-order valence-corrected chi connectivity index (χ0v) is 9.68. The minimum absolute atomic E-state index is 0.430. The molecule has 1 saturated carbocycles. The average Bonchev–Trinajstić information content (AvgIpc) is 2.58. The minimum atomic E-state index is 0.430. The van der Waals surface area contributed by atoms with Crippen molar-refractivity contribution in [2.45, 2.75) is 31.9 Å². The summed E-state index contributed by atoms with van der Waals surface area (Å²) in [5.41, 5.74) is 2.38. The summed E-state index contributed by atoms with van der Waals surface area (Å²) in [6, 6.07) is 6.91. The van der Waals surface area contributed by atoms with Gasteiger partial charge in [-0.05, 0) is 31.9 Å². The van der Waals surface area contributed by atoms with Gasteiger partial charge in [0.15, 0.2) is 0 Å². The lowest BCUT2D eigenvalue weighted by atomic mass is 9.89. The molecule has 3 rings (SSSR count).